The number of hydrogen-bond acceptors (Lipinski definition) is 5. The Morgan fingerprint density at radius 3 is 2.50 bits per heavy atom. The first-order valence-corrected chi connectivity index (χ1v) is 8.38. The van der Waals surface area contributed by atoms with Gasteiger partial charge in [-0.05, 0) is 24.2 Å². The smallest absolute Gasteiger partial charge is 0.252 e. The normalized spacial score (nSPS) is 15.5. The Morgan fingerprint density at radius 2 is 1.88 bits per heavy atom. The fourth-order valence-corrected chi connectivity index (χ4v) is 2.96. The van der Waals surface area contributed by atoms with Crippen molar-refractivity contribution in [3.05, 3.63) is 51.9 Å². The third kappa shape index (κ3) is 3.94. The second-order valence-corrected chi connectivity index (χ2v) is 6.01. The fourth-order valence-electron chi connectivity index (χ4n) is 2.96. The van der Waals surface area contributed by atoms with Gasteiger partial charge in [0.25, 0.3) is 5.56 Å². The molecular weight excluding hydrogens is 304 g/mol. The van der Waals surface area contributed by atoms with Gasteiger partial charge in [0, 0.05) is 38.7 Å². The molecule has 24 heavy (non-hydrogen) atoms. The first-order valence-electron chi connectivity index (χ1n) is 8.38. The molecule has 0 bridgehead atoms. The number of likely N-dealkylation sites (N-methyl/N-ethyl adjacent to an activating group) is 1. The molecule has 6 heteroatoms. The Bertz CT molecular complexity index is 719. The largest absolute Gasteiger partial charge is 0.497 e. The van der Waals surface area contributed by atoms with Crippen molar-refractivity contribution in [3.63, 3.8) is 0 Å². The SMILES string of the molecule is CCN1CCN(c2nc(Cc3ccc(OC)cc3)cc(=O)[nH]2)CC1. The summed E-state index contributed by atoms with van der Waals surface area (Å²) in [6.45, 7) is 7.03. The van der Waals surface area contributed by atoms with Gasteiger partial charge in [0.2, 0.25) is 5.95 Å². The summed E-state index contributed by atoms with van der Waals surface area (Å²) in [5.74, 6) is 1.51. The number of rotatable bonds is 5. The van der Waals surface area contributed by atoms with Crippen molar-refractivity contribution in [1.82, 2.24) is 14.9 Å². The van der Waals surface area contributed by atoms with E-state index in [9.17, 15) is 4.79 Å². The highest BCUT2D eigenvalue weighted by atomic mass is 16.5. The van der Waals surface area contributed by atoms with Crippen molar-refractivity contribution in [3.8, 4) is 5.75 Å². The van der Waals surface area contributed by atoms with Gasteiger partial charge in [0.1, 0.15) is 5.75 Å². The highest BCUT2D eigenvalue weighted by molar-refractivity contribution is 5.34. The molecule has 1 fully saturated rings. The van der Waals surface area contributed by atoms with Gasteiger partial charge in [-0.3, -0.25) is 9.78 Å². The van der Waals surface area contributed by atoms with Crippen LogP contribution in [0.2, 0.25) is 0 Å². The van der Waals surface area contributed by atoms with Crippen molar-refractivity contribution in [2.45, 2.75) is 13.3 Å². The minimum Gasteiger partial charge on any atom is -0.497 e. The Morgan fingerprint density at radius 1 is 1.17 bits per heavy atom. The molecule has 128 valence electrons. The van der Waals surface area contributed by atoms with Gasteiger partial charge in [-0.1, -0.05) is 19.1 Å². The van der Waals surface area contributed by atoms with Crippen LogP contribution in [0.25, 0.3) is 0 Å². The quantitative estimate of drug-likeness (QED) is 0.901. The molecule has 2 aromatic rings. The summed E-state index contributed by atoms with van der Waals surface area (Å²) in [5, 5.41) is 0. The molecule has 1 saturated heterocycles. The monoisotopic (exact) mass is 328 g/mol. The van der Waals surface area contributed by atoms with Gasteiger partial charge in [0.15, 0.2) is 0 Å². The number of ether oxygens (including phenoxy) is 1. The standard InChI is InChI=1S/C18H24N4O2/c1-3-21-8-10-22(11-9-21)18-19-15(13-17(23)20-18)12-14-4-6-16(24-2)7-5-14/h4-7,13H,3,8-12H2,1-2H3,(H,19,20,23). The van der Waals surface area contributed by atoms with Crippen LogP contribution >= 0.6 is 0 Å². The van der Waals surface area contributed by atoms with E-state index in [-0.39, 0.29) is 5.56 Å². The molecule has 0 spiro atoms. The van der Waals surface area contributed by atoms with Gasteiger partial charge in [-0.15, -0.1) is 0 Å². The number of aromatic amines is 1. The molecule has 2 heterocycles. The highest BCUT2D eigenvalue weighted by Crippen LogP contribution is 2.15. The first-order chi connectivity index (χ1) is 11.7. The molecule has 0 radical (unpaired) electrons. The molecule has 1 aromatic heterocycles. The van der Waals surface area contributed by atoms with E-state index in [2.05, 4.69) is 26.7 Å². The average Bonchev–Trinajstić information content (AvgIpc) is 2.62. The molecule has 1 aromatic carbocycles. The second-order valence-electron chi connectivity index (χ2n) is 6.01. The van der Waals surface area contributed by atoms with E-state index in [0.29, 0.717) is 12.4 Å². The van der Waals surface area contributed by atoms with Crippen LogP contribution in [0.1, 0.15) is 18.2 Å². The predicted molar refractivity (Wildman–Crippen MR) is 95.0 cm³/mol. The molecule has 3 rings (SSSR count). The van der Waals surface area contributed by atoms with E-state index in [1.165, 1.54) is 0 Å². The first kappa shape index (κ1) is 16.5. The Hall–Kier alpha value is -2.34. The minimum atomic E-state index is -0.0959. The third-order valence-corrected chi connectivity index (χ3v) is 4.45. The van der Waals surface area contributed by atoms with E-state index in [4.69, 9.17) is 4.74 Å². The van der Waals surface area contributed by atoms with E-state index in [1.54, 1.807) is 13.2 Å². The number of benzene rings is 1. The van der Waals surface area contributed by atoms with Crippen LogP contribution in [0.5, 0.6) is 5.75 Å². The molecule has 0 atom stereocenters. The van der Waals surface area contributed by atoms with Crippen molar-refractivity contribution < 1.29 is 4.74 Å². The number of H-pyrrole nitrogens is 1. The summed E-state index contributed by atoms with van der Waals surface area (Å²) >= 11 is 0. The lowest BCUT2D eigenvalue weighted by molar-refractivity contribution is 0.270. The summed E-state index contributed by atoms with van der Waals surface area (Å²) in [5.41, 5.74) is 1.80. The number of methoxy groups -OCH3 is 1. The summed E-state index contributed by atoms with van der Waals surface area (Å²) in [6.07, 6.45) is 0.635. The van der Waals surface area contributed by atoms with E-state index < -0.39 is 0 Å². The molecule has 6 nitrogen and oxygen atoms in total. The maximum absolute atomic E-state index is 12.0. The summed E-state index contributed by atoms with van der Waals surface area (Å²) in [6, 6.07) is 9.43. The third-order valence-electron chi connectivity index (χ3n) is 4.45. The van der Waals surface area contributed by atoms with Gasteiger partial charge in [-0.2, -0.15) is 0 Å². The topological polar surface area (TPSA) is 61.5 Å². The zero-order valence-corrected chi connectivity index (χ0v) is 14.3. The van der Waals surface area contributed by atoms with Gasteiger partial charge < -0.3 is 14.5 Å². The fraction of sp³-hybridized carbons (Fsp3) is 0.444. The molecular formula is C18H24N4O2. The average molecular weight is 328 g/mol. The van der Waals surface area contributed by atoms with Gasteiger partial charge in [0.05, 0.1) is 12.8 Å². The van der Waals surface area contributed by atoms with Crippen molar-refractivity contribution >= 4 is 5.95 Å². The second kappa shape index (κ2) is 7.49. The maximum Gasteiger partial charge on any atom is 0.252 e. The van der Waals surface area contributed by atoms with Gasteiger partial charge >= 0.3 is 0 Å². The molecule has 0 saturated carbocycles. The Labute approximate surface area is 142 Å². The van der Waals surface area contributed by atoms with E-state index in [1.807, 2.05) is 24.3 Å². The van der Waals surface area contributed by atoms with Crippen LogP contribution in [0.4, 0.5) is 5.95 Å². The lowest BCUT2D eigenvalue weighted by Gasteiger charge is -2.34. The Kier molecular flexibility index (Phi) is 5.15. The zero-order valence-electron chi connectivity index (χ0n) is 14.3. The number of hydrogen-bond donors (Lipinski definition) is 1. The van der Waals surface area contributed by atoms with E-state index >= 15 is 0 Å². The van der Waals surface area contributed by atoms with Crippen LogP contribution in [0, 0.1) is 0 Å². The number of nitrogens with one attached hydrogen (secondary N) is 1. The molecule has 1 aliphatic rings. The maximum atomic E-state index is 12.0. The van der Waals surface area contributed by atoms with Gasteiger partial charge in [-0.25, -0.2) is 4.98 Å². The van der Waals surface area contributed by atoms with Crippen molar-refractivity contribution in [1.29, 1.82) is 0 Å². The van der Waals surface area contributed by atoms with Crippen LogP contribution in [0.3, 0.4) is 0 Å². The van der Waals surface area contributed by atoms with E-state index in [0.717, 1.165) is 49.7 Å². The van der Waals surface area contributed by atoms with Crippen molar-refractivity contribution in [2.24, 2.45) is 0 Å². The summed E-state index contributed by atoms with van der Waals surface area (Å²) in [7, 11) is 1.65. The van der Waals surface area contributed by atoms with Crippen LogP contribution in [0.15, 0.2) is 35.1 Å². The number of piperazine rings is 1. The molecule has 0 aliphatic carbocycles. The molecule has 0 unspecified atom stereocenters. The lowest BCUT2D eigenvalue weighted by atomic mass is 10.1. The zero-order chi connectivity index (χ0) is 16.9. The molecule has 0 amide bonds. The molecule has 1 aliphatic heterocycles. The van der Waals surface area contributed by atoms with Crippen LogP contribution in [-0.4, -0.2) is 54.7 Å². The predicted octanol–water partition coefficient (Wildman–Crippen LogP) is 1.51. The van der Waals surface area contributed by atoms with Crippen molar-refractivity contribution in [2.75, 3.05) is 44.7 Å². The highest BCUT2D eigenvalue weighted by Gasteiger charge is 2.18. The number of nitrogens with zero attached hydrogens (tertiary/aromatic N) is 3. The number of anilines is 1. The van der Waals surface area contributed by atoms with Crippen LogP contribution in [-0.2, 0) is 6.42 Å². The Balaban J connectivity index is 1.75. The minimum absolute atomic E-state index is 0.0959. The molecule has 1 N–H and O–H groups in total. The summed E-state index contributed by atoms with van der Waals surface area (Å²) in [4.78, 5) is 24.1. The van der Waals surface area contributed by atoms with Crippen LogP contribution < -0.4 is 15.2 Å². The number of aromatic nitrogens is 2. The summed E-state index contributed by atoms with van der Waals surface area (Å²) < 4.78 is 5.17. The lowest BCUT2D eigenvalue weighted by Crippen LogP contribution is -2.47.